The number of halogens is 2. The largest absolute Gasteiger partial charge is 0.368 e. The number of benzene rings is 1. The molecule has 1 atom stereocenters. The Morgan fingerprint density at radius 2 is 1.84 bits per heavy atom. The average molecular weight is 266 g/mol. The summed E-state index contributed by atoms with van der Waals surface area (Å²) in [5.41, 5.74) is 0.550. The number of rotatable bonds is 1. The molecule has 0 radical (unpaired) electrons. The van der Waals surface area contributed by atoms with Crippen LogP contribution in [0, 0.1) is 11.6 Å². The molecule has 104 valence electrons. The van der Waals surface area contributed by atoms with Crippen molar-refractivity contribution in [3.05, 3.63) is 29.8 Å². The molecule has 1 unspecified atom stereocenters. The van der Waals surface area contributed by atoms with E-state index in [0.717, 1.165) is 32.1 Å². The molecule has 2 aliphatic rings. The van der Waals surface area contributed by atoms with E-state index in [1.807, 2.05) is 0 Å². The highest BCUT2D eigenvalue weighted by atomic mass is 19.1. The highest BCUT2D eigenvalue weighted by Gasteiger charge is 2.28. The zero-order valence-corrected chi connectivity index (χ0v) is 11.1. The number of hydrogen-bond donors (Lipinski definition) is 0. The third-order valence-electron chi connectivity index (χ3n) is 4.30. The number of piperidine rings is 1. The van der Waals surface area contributed by atoms with Gasteiger partial charge < -0.3 is 4.90 Å². The highest BCUT2D eigenvalue weighted by molar-refractivity contribution is 5.48. The second-order valence-corrected chi connectivity index (χ2v) is 5.58. The Hall–Kier alpha value is -1.16. The Labute approximate surface area is 113 Å². The Balaban J connectivity index is 1.80. The molecule has 0 aromatic heterocycles. The fourth-order valence-electron chi connectivity index (χ4n) is 3.33. The van der Waals surface area contributed by atoms with Gasteiger partial charge in [-0.25, -0.2) is 8.78 Å². The van der Waals surface area contributed by atoms with Crippen molar-refractivity contribution in [1.29, 1.82) is 0 Å². The van der Waals surface area contributed by atoms with Crippen LogP contribution in [0.5, 0.6) is 0 Å². The lowest BCUT2D eigenvalue weighted by atomic mass is 10.0. The monoisotopic (exact) mass is 266 g/mol. The molecule has 0 spiro atoms. The highest BCUT2D eigenvalue weighted by Crippen LogP contribution is 2.26. The van der Waals surface area contributed by atoms with Gasteiger partial charge in [0.25, 0.3) is 0 Å². The second kappa shape index (κ2) is 5.45. The summed E-state index contributed by atoms with van der Waals surface area (Å²) in [5, 5.41) is 0. The van der Waals surface area contributed by atoms with E-state index in [1.165, 1.54) is 31.9 Å². The van der Waals surface area contributed by atoms with Crippen LogP contribution >= 0.6 is 0 Å². The molecule has 2 aliphatic heterocycles. The lowest BCUT2D eigenvalue weighted by molar-refractivity contribution is 0.162. The third kappa shape index (κ3) is 2.73. The molecule has 3 rings (SSSR count). The molecule has 0 N–H and O–H groups in total. The maximum atomic E-state index is 13.9. The zero-order valence-electron chi connectivity index (χ0n) is 11.1. The van der Waals surface area contributed by atoms with E-state index in [1.54, 1.807) is 6.07 Å². The van der Waals surface area contributed by atoms with Crippen molar-refractivity contribution in [2.24, 2.45) is 0 Å². The molecule has 2 nitrogen and oxygen atoms in total. The first-order valence-electron chi connectivity index (χ1n) is 7.18. The van der Waals surface area contributed by atoms with Gasteiger partial charge in [-0.05, 0) is 37.9 Å². The molecular formula is C15H20F2N2. The first-order valence-corrected chi connectivity index (χ1v) is 7.18. The van der Waals surface area contributed by atoms with Crippen LogP contribution < -0.4 is 4.90 Å². The maximum Gasteiger partial charge on any atom is 0.149 e. The SMILES string of the molecule is Fc1ccc(N2CCCN3CCCCC3C2)c(F)c1. The first-order chi connectivity index (χ1) is 9.24. The molecule has 1 aromatic rings. The minimum absolute atomic E-state index is 0.441. The first kappa shape index (κ1) is 12.9. The molecule has 0 bridgehead atoms. The normalized spacial score (nSPS) is 24.9. The Bertz CT molecular complexity index is 450. The number of hydrogen-bond acceptors (Lipinski definition) is 2. The summed E-state index contributed by atoms with van der Waals surface area (Å²) in [5.74, 6) is -0.945. The standard InChI is InChI=1S/C15H20F2N2/c16-12-5-6-15(14(17)10-12)19-9-3-8-18-7-2-1-4-13(18)11-19/h5-6,10,13H,1-4,7-9,11H2. The molecule has 1 aromatic carbocycles. The van der Waals surface area contributed by atoms with Crippen molar-refractivity contribution in [2.75, 3.05) is 31.1 Å². The molecular weight excluding hydrogens is 246 g/mol. The third-order valence-corrected chi connectivity index (χ3v) is 4.30. The molecule has 0 aliphatic carbocycles. The molecule has 19 heavy (non-hydrogen) atoms. The van der Waals surface area contributed by atoms with Crippen LogP contribution in [-0.2, 0) is 0 Å². The van der Waals surface area contributed by atoms with Crippen LogP contribution in [0.1, 0.15) is 25.7 Å². The summed E-state index contributed by atoms with van der Waals surface area (Å²) in [4.78, 5) is 4.62. The summed E-state index contributed by atoms with van der Waals surface area (Å²) in [7, 11) is 0. The fourth-order valence-corrected chi connectivity index (χ4v) is 3.33. The van der Waals surface area contributed by atoms with Crippen molar-refractivity contribution in [3.8, 4) is 0 Å². The predicted molar refractivity (Wildman–Crippen MR) is 72.4 cm³/mol. The van der Waals surface area contributed by atoms with E-state index < -0.39 is 11.6 Å². The Morgan fingerprint density at radius 1 is 1.00 bits per heavy atom. The Morgan fingerprint density at radius 3 is 2.68 bits per heavy atom. The fraction of sp³-hybridized carbons (Fsp3) is 0.600. The molecule has 2 heterocycles. The molecule has 0 amide bonds. The van der Waals surface area contributed by atoms with Gasteiger partial charge in [-0.1, -0.05) is 6.42 Å². The van der Waals surface area contributed by atoms with Gasteiger partial charge in [0.2, 0.25) is 0 Å². The topological polar surface area (TPSA) is 6.48 Å². The summed E-state index contributed by atoms with van der Waals surface area (Å²) >= 11 is 0. The van der Waals surface area contributed by atoms with Crippen molar-refractivity contribution < 1.29 is 8.78 Å². The van der Waals surface area contributed by atoms with E-state index in [4.69, 9.17) is 0 Å². The summed E-state index contributed by atoms with van der Waals surface area (Å²) in [6, 6.07) is 4.44. The molecule has 4 heteroatoms. The van der Waals surface area contributed by atoms with Gasteiger partial charge in [0.15, 0.2) is 0 Å². The summed E-state index contributed by atoms with van der Waals surface area (Å²) < 4.78 is 26.9. The van der Waals surface area contributed by atoms with Crippen molar-refractivity contribution in [3.63, 3.8) is 0 Å². The lowest BCUT2D eigenvalue weighted by Gasteiger charge is -2.35. The molecule has 0 saturated carbocycles. The van der Waals surface area contributed by atoms with Crippen LogP contribution in [0.2, 0.25) is 0 Å². The van der Waals surface area contributed by atoms with Gasteiger partial charge in [-0.3, -0.25) is 4.90 Å². The van der Waals surface area contributed by atoms with E-state index >= 15 is 0 Å². The van der Waals surface area contributed by atoms with E-state index in [2.05, 4.69) is 9.80 Å². The van der Waals surface area contributed by atoms with Gasteiger partial charge in [0, 0.05) is 31.7 Å². The van der Waals surface area contributed by atoms with Gasteiger partial charge in [-0.2, -0.15) is 0 Å². The maximum absolute atomic E-state index is 13.9. The van der Waals surface area contributed by atoms with Crippen molar-refractivity contribution >= 4 is 5.69 Å². The van der Waals surface area contributed by atoms with E-state index in [-0.39, 0.29) is 0 Å². The minimum atomic E-state index is -0.504. The number of fused-ring (bicyclic) bond motifs is 1. The summed E-state index contributed by atoms with van der Waals surface area (Å²) in [6.45, 7) is 3.99. The molecule has 2 fully saturated rings. The lowest BCUT2D eigenvalue weighted by Crippen LogP contribution is -2.44. The van der Waals surface area contributed by atoms with Crippen LogP contribution in [0.15, 0.2) is 18.2 Å². The zero-order chi connectivity index (χ0) is 13.2. The van der Waals surface area contributed by atoms with Gasteiger partial charge in [0.1, 0.15) is 11.6 Å². The van der Waals surface area contributed by atoms with Crippen LogP contribution in [0.3, 0.4) is 0 Å². The van der Waals surface area contributed by atoms with Crippen molar-refractivity contribution in [1.82, 2.24) is 4.90 Å². The van der Waals surface area contributed by atoms with Gasteiger partial charge in [0.05, 0.1) is 5.69 Å². The van der Waals surface area contributed by atoms with Crippen LogP contribution in [-0.4, -0.2) is 37.1 Å². The Kier molecular flexibility index (Phi) is 3.69. The predicted octanol–water partition coefficient (Wildman–Crippen LogP) is 3.03. The van der Waals surface area contributed by atoms with Gasteiger partial charge in [-0.15, -0.1) is 0 Å². The van der Waals surface area contributed by atoms with Crippen molar-refractivity contribution in [2.45, 2.75) is 31.7 Å². The number of anilines is 1. The summed E-state index contributed by atoms with van der Waals surface area (Å²) in [6.07, 6.45) is 4.79. The number of nitrogens with zero attached hydrogens (tertiary/aromatic N) is 2. The molecule has 2 saturated heterocycles. The second-order valence-electron chi connectivity index (χ2n) is 5.58. The smallest absolute Gasteiger partial charge is 0.149 e. The quantitative estimate of drug-likeness (QED) is 0.771. The van der Waals surface area contributed by atoms with Crippen LogP contribution in [0.4, 0.5) is 14.5 Å². The average Bonchev–Trinajstić information content (AvgIpc) is 2.60. The van der Waals surface area contributed by atoms with Crippen LogP contribution in [0.25, 0.3) is 0 Å². The van der Waals surface area contributed by atoms with E-state index in [9.17, 15) is 8.78 Å². The van der Waals surface area contributed by atoms with E-state index in [0.29, 0.717) is 11.7 Å². The minimum Gasteiger partial charge on any atom is -0.368 e. The van der Waals surface area contributed by atoms with Gasteiger partial charge >= 0.3 is 0 Å².